The molecule has 4 nitrogen and oxygen atoms in total. The molecule has 102 valence electrons. The average molecular weight is 262 g/mol. The van der Waals surface area contributed by atoms with Crippen molar-refractivity contribution in [3.8, 4) is 11.5 Å². The van der Waals surface area contributed by atoms with Crippen LogP contribution in [-0.4, -0.2) is 24.3 Å². The SMILES string of the molecule is O=C(O)C1(c2cccc3c2OCCO3)CCCCC1. The molecule has 1 saturated carbocycles. The van der Waals surface area contributed by atoms with Crippen molar-refractivity contribution in [2.24, 2.45) is 0 Å². The van der Waals surface area contributed by atoms with Gasteiger partial charge < -0.3 is 14.6 Å². The molecule has 0 radical (unpaired) electrons. The smallest absolute Gasteiger partial charge is 0.314 e. The molecule has 1 heterocycles. The fourth-order valence-electron chi connectivity index (χ4n) is 3.20. The van der Waals surface area contributed by atoms with Crippen LogP contribution < -0.4 is 9.47 Å². The van der Waals surface area contributed by atoms with Gasteiger partial charge in [-0.05, 0) is 18.9 Å². The number of hydrogen-bond donors (Lipinski definition) is 1. The lowest BCUT2D eigenvalue weighted by Crippen LogP contribution is -2.38. The van der Waals surface area contributed by atoms with E-state index in [-0.39, 0.29) is 0 Å². The summed E-state index contributed by atoms with van der Waals surface area (Å²) in [4.78, 5) is 11.9. The Morgan fingerprint density at radius 3 is 2.58 bits per heavy atom. The summed E-state index contributed by atoms with van der Waals surface area (Å²) in [6, 6.07) is 5.59. The van der Waals surface area contributed by atoms with Crippen LogP contribution in [0.1, 0.15) is 37.7 Å². The zero-order valence-electron chi connectivity index (χ0n) is 10.9. The Labute approximate surface area is 112 Å². The number of hydrogen-bond acceptors (Lipinski definition) is 3. The van der Waals surface area contributed by atoms with Gasteiger partial charge in [-0.2, -0.15) is 0 Å². The highest BCUT2D eigenvalue weighted by Crippen LogP contribution is 2.47. The average Bonchev–Trinajstić information content (AvgIpc) is 2.47. The summed E-state index contributed by atoms with van der Waals surface area (Å²) in [6.07, 6.45) is 4.39. The van der Waals surface area contributed by atoms with Gasteiger partial charge >= 0.3 is 5.97 Å². The molecule has 2 aliphatic rings. The lowest BCUT2D eigenvalue weighted by Gasteiger charge is -2.35. The van der Waals surface area contributed by atoms with Gasteiger partial charge in [0.1, 0.15) is 13.2 Å². The highest BCUT2D eigenvalue weighted by Gasteiger charge is 2.44. The number of carbonyl (C=O) groups is 1. The van der Waals surface area contributed by atoms with E-state index in [0.717, 1.165) is 24.8 Å². The molecular formula is C15H18O4. The van der Waals surface area contributed by atoms with Gasteiger partial charge in [-0.25, -0.2) is 0 Å². The second-order valence-corrected chi connectivity index (χ2v) is 5.28. The first-order valence-electron chi connectivity index (χ1n) is 6.86. The molecule has 19 heavy (non-hydrogen) atoms. The number of carboxylic acids is 1. The van der Waals surface area contributed by atoms with E-state index < -0.39 is 11.4 Å². The summed E-state index contributed by atoms with van der Waals surface area (Å²) < 4.78 is 11.3. The Bertz CT molecular complexity index is 489. The largest absolute Gasteiger partial charge is 0.486 e. The highest BCUT2D eigenvalue weighted by atomic mass is 16.6. The van der Waals surface area contributed by atoms with Gasteiger partial charge in [0.2, 0.25) is 0 Å². The molecule has 1 aromatic rings. The number of rotatable bonds is 2. The maximum absolute atomic E-state index is 11.9. The predicted octanol–water partition coefficient (Wildman–Crippen LogP) is 2.74. The Kier molecular flexibility index (Phi) is 3.09. The van der Waals surface area contributed by atoms with Crippen molar-refractivity contribution in [1.29, 1.82) is 0 Å². The first-order chi connectivity index (χ1) is 9.24. The van der Waals surface area contributed by atoms with Crippen LogP contribution in [0.15, 0.2) is 18.2 Å². The number of benzene rings is 1. The summed E-state index contributed by atoms with van der Waals surface area (Å²) in [6.45, 7) is 1.01. The molecule has 1 aromatic carbocycles. The molecule has 0 unspecified atom stereocenters. The third-order valence-electron chi connectivity index (χ3n) is 4.20. The van der Waals surface area contributed by atoms with Crippen molar-refractivity contribution in [2.45, 2.75) is 37.5 Å². The third kappa shape index (κ3) is 1.95. The van der Waals surface area contributed by atoms with Gasteiger partial charge in [-0.15, -0.1) is 0 Å². The van der Waals surface area contributed by atoms with E-state index in [0.29, 0.717) is 37.6 Å². The van der Waals surface area contributed by atoms with Crippen molar-refractivity contribution in [1.82, 2.24) is 0 Å². The Hall–Kier alpha value is -1.71. The van der Waals surface area contributed by atoms with E-state index in [9.17, 15) is 9.90 Å². The van der Waals surface area contributed by atoms with Gasteiger partial charge in [-0.3, -0.25) is 4.79 Å². The molecule has 1 fully saturated rings. The third-order valence-corrected chi connectivity index (χ3v) is 4.20. The van der Waals surface area contributed by atoms with E-state index in [2.05, 4.69) is 0 Å². The summed E-state index contributed by atoms with van der Waals surface area (Å²) in [5, 5.41) is 9.75. The van der Waals surface area contributed by atoms with Gasteiger partial charge in [-0.1, -0.05) is 31.4 Å². The molecule has 4 heteroatoms. The van der Waals surface area contributed by atoms with E-state index in [1.807, 2.05) is 18.2 Å². The number of ether oxygens (including phenoxy) is 2. The lowest BCUT2D eigenvalue weighted by molar-refractivity contribution is -0.145. The fraction of sp³-hybridized carbons (Fsp3) is 0.533. The standard InChI is InChI=1S/C15H18O4/c16-14(17)15(7-2-1-3-8-15)11-5-4-6-12-13(11)19-10-9-18-12/h4-6H,1-3,7-10H2,(H,16,17). The normalized spacial score (nSPS) is 20.8. The van der Waals surface area contributed by atoms with Crippen LogP contribution in [-0.2, 0) is 10.2 Å². The van der Waals surface area contributed by atoms with Crippen molar-refractivity contribution in [2.75, 3.05) is 13.2 Å². The minimum atomic E-state index is -0.801. The van der Waals surface area contributed by atoms with Crippen LogP contribution in [0.25, 0.3) is 0 Å². The minimum Gasteiger partial charge on any atom is -0.486 e. The first-order valence-corrected chi connectivity index (χ1v) is 6.86. The van der Waals surface area contributed by atoms with Crippen LogP contribution in [0.4, 0.5) is 0 Å². The maximum atomic E-state index is 11.9. The van der Waals surface area contributed by atoms with E-state index in [1.54, 1.807) is 0 Å². The summed E-state index contributed by atoms with van der Waals surface area (Å²) in [5.41, 5.74) is -0.0125. The number of aliphatic carboxylic acids is 1. The molecule has 0 spiro atoms. The minimum absolute atomic E-state index is 0.486. The molecular weight excluding hydrogens is 244 g/mol. The summed E-state index contributed by atoms with van der Waals surface area (Å²) >= 11 is 0. The molecule has 1 N–H and O–H groups in total. The van der Waals surface area contributed by atoms with Gasteiger partial charge in [0.05, 0.1) is 5.41 Å². The van der Waals surface area contributed by atoms with Gasteiger partial charge in [0.15, 0.2) is 11.5 Å². The predicted molar refractivity (Wildman–Crippen MR) is 69.8 cm³/mol. The molecule has 0 atom stereocenters. The van der Waals surface area contributed by atoms with Crippen LogP contribution >= 0.6 is 0 Å². The van der Waals surface area contributed by atoms with Crippen molar-refractivity contribution >= 4 is 5.97 Å². The second-order valence-electron chi connectivity index (χ2n) is 5.28. The van der Waals surface area contributed by atoms with Gasteiger partial charge in [0, 0.05) is 5.56 Å². The van der Waals surface area contributed by atoms with Crippen LogP contribution in [0.3, 0.4) is 0 Å². The summed E-state index contributed by atoms with van der Waals surface area (Å²) in [5.74, 6) is 0.572. The van der Waals surface area contributed by atoms with Crippen LogP contribution in [0.2, 0.25) is 0 Å². The van der Waals surface area contributed by atoms with Crippen molar-refractivity contribution < 1.29 is 19.4 Å². The van der Waals surface area contributed by atoms with Crippen molar-refractivity contribution in [3.05, 3.63) is 23.8 Å². The molecule has 0 bridgehead atoms. The molecule has 0 aromatic heterocycles. The monoisotopic (exact) mass is 262 g/mol. The quantitative estimate of drug-likeness (QED) is 0.890. The van der Waals surface area contributed by atoms with Gasteiger partial charge in [0.25, 0.3) is 0 Å². The Balaban J connectivity index is 2.10. The number of para-hydroxylation sites is 1. The molecule has 1 aliphatic carbocycles. The number of carboxylic acid groups (broad SMARTS) is 1. The highest BCUT2D eigenvalue weighted by molar-refractivity contribution is 5.83. The zero-order chi connectivity index (χ0) is 13.3. The zero-order valence-corrected chi connectivity index (χ0v) is 10.9. The molecule has 1 aliphatic heterocycles. The fourth-order valence-corrected chi connectivity index (χ4v) is 3.20. The van der Waals surface area contributed by atoms with Crippen molar-refractivity contribution in [3.63, 3.8) is 0 Å². The topological polar surface area (TPSA) is 55.8 Å². The molecule has 3 rings (SSSR count). The summed E-state index contributed by atoms with van der Waals surface area (Å²) in [7, 11) is 0. The Morgan fingerprint density at radius 2 is 1.84 bits per heavy atom. The maximum Gasteiger partial charge on any atom is 0.314 e. The second kappa shape index (κ2) is 4.76. The van der Waals surface area contributed by atoms with E-state index >= 15 is 0 Å². The molecule has 0 saturated heterocycles. The first kappa shape index (κ1) is 12.3. The Morgan fingerprint density at radius 1 is 1.11 bits per heavy atom. The number of fused-ring (bicyclic) bond motifs is 1. The molecule has 0 amide bonds. The van der Waals surface area contributed by atoms with E-state index in [4.69, 9.17) is 9.47 Å². The van der Waals surface area contributed by atoms with E-state index in [1.165, 1.54) is 0 Å². The van der Waals surface area contributed by atoms with Crippen LogP contribution in [0, 0.1) is 0 Å². The lowest BCUT2D eigenvalue weighted by atomic mass is 9.69. The van der Waals surface area contributed by atoms with Crippen LogP contribution in [0.5, 0.6) is 11.5 Å².